The third-order valence-corrected chi connectivity index (χ3v) is 0. The molecular weight excluding hydrogens is 188 g/mol. The summed E-state index contributed by atoms with van der Waals surface area (Å²) in [6.45, 7) is 0. The van der Waals surface area contributed by atoms with Crippen molar-refractivity contribution < 1.29 is 33.9 Å². The quantitative estimate of drug-likeness (QED) is 0.228. The van der Waals surface area contributed by atoms with Gasteiger partial charge in [0.25, 0.3) is 0 Å². The molecule has 0 aliphatic heterocycles. The summed E-state index contributed by atoms with van der Waals surface area (Å²) in [4.78, 5) is 43.3. The van der Waals surface area contributed by atoms with Crippen molar-refractivity contribution in [3.63, 3.8) is 0 Å². The summed E-state index contributed by atoms with van der Waals surface area (Å²) in [6.07, 6.45) is 0. The van der Waals surface area contributed by atoms with Gasteiger partial charge >= 0.3 is 16.4 Å². The third kappa shape index (κ3) is 3160. The SMILES string of the molecule is N.O=P(O)(O)O.OP(O)O. The molecule has 10 heteroatoms. The van der Waals surface area contributed by atoms with Crippen LogP contribution in [-0.2, 0) is 4.57 Å². The zero-order chi connectivity index (χ0) is 8.08. The van der Waals surface area contributed by atoms with Gasteiger partial charge in [-0.15, -0.1) is 0 Å². The van der Waals surface area contributed by atoms with Crippen LogP contribution < -0.4 is 6.15 Å². The van der Waals surface area contributed by atoms with Crippen molar-refractivity contribution in [3.05, 3.63) is 0 Å². The van der Waals surface area contributed by atoms with Crippen molar-refractivity contribution >= 4 is 16.4 Å². The van der Waals surface area contributed by atoms with Crippen molar-refractivity contribution in [3.8, 4) is 0 Å². The van der Waals surface area contributed by atoms with E-state index in [1.807, 2.05) is 0 Å². The van der Waals surface area contributed by atoms with E-state index in [0.717, 1.165) is 0 Å². The van der Waals surface area contributed by atoms with Gasteiger partial charge in [0.1, 0.15) is 0 Å². The van der Waals surface area contributed by atoms with Gasteiger partial charge < -0.3 is 35.5 Å². The molecule has 66 valence electrons. The first-order valence-electron chi connectivity index (χ1n) is 1.38. The summed E-state index contributed by atoms with van der Waals surface area (Å²) in [7, 11) is -7.26. The topological polar surface area (TPSA) is 173 Å². The minimum atomic E-state index is -4.64. The second-order valence-corrected chi connectivity index (χ2v) is 2.34. The van der Waals surface area contributed by atoms with Gasteiger partial charge in [-0.3, -0.25) is 0 Å². The molecule has 0 aromatic rings. The fourth-order valence-electron chi connectivity index (χ4n) is 0. The normalized spacial score (nSPS) is 9.50. The van der Waals surface area contributed by atoms with Gasteiger partial charge in [-0.1, -0.05) is 0 Å². The van der Waals surface area contributed by atoms with Crippen LogP contribution in [0.1, 0.15) is 0 Å². The molecule has 0 saturated carbocycles. The Kier molecular flexibility index (Phi) is 12.6. The van der Waals surface area contributed by atoms with Crippen LogP contribution in [0.3, 0.4) is 0 Å². The lowest BCUT2D eigenvalue weighted by atomic mass is 14.0. The highest BCUT2D eigenvalue weighted by atomic mass is 31.2. The first-order valence-corrected chi connectivity index (χ1v) is 4.15. The fraction of sp³-hybridized carbons (Fsp3) is 0. The van der Waals surface area contributed by atoms with Crippen LogP contribution in [0.25, 0.3) is 0 Å². The van der Waals surface area contributed by atoms with Crippen LogP contribution in [0.4, 0.5) is 0 Å². The molecule has 0 aliphatic rings. The highest BCUT2D eigenvalue weighted by molar-refractivity contribution is 7.45. The monoisotopic (exact) mass is 197 g/mol. The van der Waals surface area contributed by atoms with E-state index in [2.05, 4.69) is 0 Å². The largest absolute Gasteiger partial charge is 0.466 e. The molecule has 10 heavy (non-hydrogen) atoms. The van der Waals surface area contributed by atoms with Gasteiger partial charge in [0.05, 0.1) is 0 Å². The molecule has 9 N–H and O–H groups in total. The predicted molar refractivity (Wildman–Crippen MR) is 32.9 cm³/mol. The van der Waals surface area contributed by atoms with Crippen molar-refractivity contribution in [2.45, 2.75) is 0 Å². The van der Waals surface area contributed by atoms with E-state index in [9.17, 15) is 0 Å². The molecule has 0 radical (unpaired) electrons. The van der Waals surface area contributed by atoms with Crippen molar-refractivity contribution in [1.82, 2.24) is 6.15 Å². The average Bonchev–Trinajstić information content (AvgIpc) is 1.19. The van der Waals surface area contributed by atoms with Crippen LogP contribution in [0, 0.1) is 0 Å². The number of hydrogen-bond donors (Lipinski definition) is 7. The molecule has 0 atom stereocenters. The van der Waals surface area contributed by atoms with Gasteiger partial charge in [-0.25, -0.2) is 4.57 Å². The number of hydrogen-bond acceptors (Lipinski definition) is 5. The molecule has 0 saturated heterocycles. The van der Waals surface area contributed by atoms with E-state index < -0.39 is 16.4 Å². The maximum Gasteiger partial charge on any atom is 0.466 e. The van der Waals surface area contributed by atoms with E-state index >= 15 is 0 Å². The van der Waals surface area contributed by atoms with Crippen LogP contribution in [0.5, 0.6) is 0 Å². The number of phosphoric acid groups is 1. The summed E-state index contributed by atoms with van der Waals surface area (Å²) in [6, 6.07) is 0. The molecule has 0 aliphatic carbocycles. The van der Waals surface area contributed by atoms with Crippen molar-refractivity contribution in [1.29, 1.82) is 0 Å². The zero-order valence-electron chi connectivity index (χ0n) is 4.69. The van der Waals surface area contributed by atoms with Crippen molar-refractivity contribution in [2.24, 2.45) is 0 Å². The minimum Gasteiger partial charge on any atom is -0.344 e. The van der Waals surface area contributed by atoms with E-state index in [0.29, 0.717) is 0 Å². The lowest BCUT2D eigenvalue weighted by Crippen LogP contribution is -1.66. The van der Waals surface area contributed by atoms with Gasteiger partial charge in [0.2, 0.25) is 0 Å². The van der Waals surface area contributed by atoms with Gasteiger partial charge in [0, 0.05) is 0 Å². The van der Waals surface area contributed by atoms with Crippen LogP contribution in [0.2, 0.25) is 0 Å². The Balaban J connectivity index is -0.0000000910. The summed E-state index contributed by atoms with van der Waals surface area (Å²) >= 11 is 0. The minimum absolute atomic E-state index is 0. The lowest BCUT2D eigenvalue weighted by Gasteiger charge is -1.82. The first-order chi connectivity index (χ1) is 3.73. The molecule has 0 amide bonds. The Hall–Kier alpha value is 0.380. The summed E-state index contributed by atoms with van der Waals surface area (Å²) in [5, 5.41) is 0. The van der Waals surface area contributed by atoms with Gasteiger partial charge in [-0.05, 0) is 0 Å². The maximum atomic E-state index is 8.88. The smallest absolute Gasteiger partial charge is 0.344 e. The lowest BCUT2D eigenvalue weighted by molar-refractivity contribution is 0.275. The fourth-order valence-corrected chi connectivity index (χ4v) is 0. The number of rotatable bonds is 0. The molecule has 0 rings (SSSR count). The standard InChI is InChI=1S/H3N.H3O4P.H3O3P/c;1-5(2,3)4;1-4(2)3/h1H3;(H3,1,2,3,4);1-3H. The average molecular weight is 197 g/mol. The highest BCUT2D eigenvalue weighted by Gasteiger charge is 2.00. The molecule has 0 fully saturated rings. The van der Waals surface area contributed by atoms with Gasteiger partial charge in [-0.2, -0.15) is 0 Å². The van der Waals surface area contributed by atoms with E-state index in [1.165, 1.54) is 0 Å². The predicted octanol–water partition coefficient (Wildman–Crippen LogP) is -1.58. The van der Waals surface area contributed by atoms with E-state index in [-0.39, 0.29) is 6.15 Å². The second-order valence-electron chi connectivity index (χ2n) is 0.782. The molecule has 0 aromatic carbocycles. The molecular formula is H9NO7P2. The van der Waals surface area contributed by atoms with Crippen LogP contribution >= 0.6 is 16.4 Å². The van der Waals surface area contributed by atoms with Crippen LogP contribution in [-0.4, -0.2) is 29.4 Å². The highest BCUT2D eigenvalue weighted by Crippen LogP contribution is 2.25. The molecule has 0 unspecified atom stereocenters. The Labute approximate surface area is 57.6 Å². The molecule has 8 nitrogen and oxygen atoms in total. The second kappa shape index (κ2) is 7.49. The maximum absolute atomic E-state index is 8.88. The van der Waals surface area contributed by atoms with E-state index in [4.69, 9.17) is 33.9 Å². The molecule has 0 bridgehead atoms. The summed E-state index contributed by atoms with van der Waals surface area (Å²) < 4.78 is 8.88. The van der Waals surface area contributed by atoms with E-state index in [1.54, 1.807) is 0 Å². The van der Waals surface area contributed by atoms with Crippen LogP contribution in [0.15, 0.2) is 0 Å². The van der Waals surface area contributed by atoms with Gasteiger partial charge in [0.15, 0.2) is 0 Å². The molecule has 0 spiro atoms. The Morgan fingerprint density at radius 2 is 1.00 bits per heavy atom. The Morgan fingerprint density at radius 1 is 1.00 bits per heavy atom. The summed E-state index contributed by atoms with van der Waals surface area (Å²) in [5.41, 5.74) is 0. The third-order valence-electron chi connectivity index (χ3n) is 0. The van der Waals surface area contributed by atoms with Crippen molar-refractivity contribution in [2.75, 3.05) is 0 Å². The summed E-state index contributed by atoms with van der Waals surface area (Å²) in [5.74, 6) is 0. The zero-order valence-corrected chi connectivity index (χ0v) is 6.48. The molecule has 0 heterocycles. The Morgan fingerprint density at radius 3 is 1.00 bits per heavy atom. The Bertz CT molecular complexity index is 82.8. The first kappa shape index (κ1) is 16.8. The molecule has 0 aromatic heterocycles.